The molecule has 0 fully saturated rings. The highest BCUT2D eigenvalue weighted by atomic mass is 16.1. The van der Waals surface area contributed by atoms with Crippen molar-refractivity contribution in [3.05, 3.63) is 22.4 Å². The summed E-state index contributed by atoms with van der Waals surface area (Å²) in [5.74, 6) is 1.34. The molecule has 2 heterocycles. The molecule has 16 heavy (non-hydrogen) atoms. The van der Waals surface area contributed by atoms with Crippen molar-refractivity contribution in [3.63, 3.8) is 0 Å². The molecular formula is C9H14N6O. The number of hydrogen-bond acceptors (Lipinski definition) is 5. The average molecular weight is 222 g/mol. The van der Waals surface area contributed by atoms with Gasteiger partial charge in [-0.25, -0.2) is 19.3 Å². The van der Waals surface area contributed by atoms with Gasteiger partial charge in [-0.1, -0.05) is 0 Å². The summed E-state index contributed by atoms with van der Waals surface area (Å²) in [5, 5.41) is 12.5. The Morgan fingerprint density at radius 3 is 3.06 bits per heavy atom. The van der Waals surface area contributed by atoms with Gasteiger partial charge in [0.05, 0.1) is 0 Å². The van der Waals surface area contributed by atoms with Gasteiger partial charge in [-0.15, -0.1) is 0 Å². The zero-order chi connectivity index (χ0) is 11.5. The molecule has 3 N–H and O–H groups in total. The maximum absolute atomic E-state index is 11.3. The van der Waals surface area contributed by atoms with E-state index in [0.717, 1.165) is 18.9 Å². The van der Waals surface area contributed by atoms with Crippen LogP contribution in [0, 0.1) is 6.92 Å². The summed E-state index contributed by atoms with van der Waals surface area (Å²) in [5.41, 5.74) is 0.311. The van der Waals surface area contributed by atoms with Crippen LogP contribution < -0.4 is 16.3 Å². The van der Waals surface area contributed by atoms with E-state index >= 15 is 0 Å². The van der Waals surface area contributed by atoms with Crippen LogP contribution in [0.25, 0.3) is 5.65 Å². The molecule has 7 heteroatoms. The van der Waals surface area contributed by atoms with E-state index < -0.39 is 0 Å². The monoisotopic (exact) mass is 222 g/mol. The fourth-order valence-corrected chi connectivity index (χ4v) is 1.50. The van der Waals surface area contributed by atoms with E-state index in [9.17, 15) is 4.79 Å². The Morgan fingerprint density at radius 1 is 1.50 bits per heavy atom. The van der Waals surface area contributed by atoms with Gasteiger partial charge >= 0.3 is 5.69 Å². The molecule has 0 saturated heterocycles. The van der Waals surface area contributed by atoms with Crippen molar-refractivity contribution in [1.29, 1.82) is 0 Å². The normalized spacial score (nSPS) is 10.9. The number of aryl methyl sites for hydroxylation is 1. The van der Waals surface area contributed by atoms with Crippen molar-refractivity contribution in [2.24, 2.45) is 0 Å². The van der Waals surface area contributed by atoms with Crippen molar-refractivity contribution < 1.29 is 0 Å². The van der Waals surface area contributed by atoms with Crippen molar-refractivity contribution >= 4 is 11.5 Å². The highest BCUT2D eigenvalue weighted by molar-refractivity contribution is 5.49. The number of likely N-dealkylation sites (N-methyl/N-ethyl adjacent to an activating group) is 1. The van der Waals surface area contributed by atoms with Crippen LogP contribution in [0.15, 0.2) is 10.9 Å². The maximum Gasteiger partial charge on any atom is 0.349 e. The molecule has 0 spiro atoms. The van der Waals surface area contributed by atoms with Gasteiger partial charge < -0.3 is 10.6 Å². The first-order chi connectivity index (χ1) is 7.72. The Balaban J connectivity index is 2.32. The van der Waals surface area contributed by atoms with Gasteiger partial charge in [0, 0.05) is 19.2 Å². The number of nitrogens with zero attached hydrogens (tertiary/aromatic N) is 3. The molecule has 0 aliphatic heterocycles. The van der Waals surface area contributed by atoms with Crippen molar-refractivity contribution in [2.45, 2.75) is 6.92 Å². The predicted molar refractivity (Wildman–Crippen MR) is 60.8 cm³/mol. The van der Waals surface area contributed by atoms with Gasteiger partial charge in [0.2, 0.25) is 0 Å². The molecule has 0 saturated carbocycles. The average Bonchev–Trinajstić information content (AvgIpc) is 2.61. The SMILES string of the molecule is CNCCNc1cc2n[nH]c(=O)n2c(C)n1. The van der Waals surface area contributed by atoms with E-state index in [1.807, 2.05) is 7.05 Å². The van der Waals surface area contributed by atoms with Crippen LogP contribution in [-0.4, -0.2) is 39.7 Å². The zero-order valence-corrected chi connectivity index (χ0v) is 9.24. The lowest BCUT2D eigenvalue weighted by Gasteiger charge is -2.06. The molecular weight excluding hydrogens is 208 g/mol. The molecule has 0 aliphatic rings. The number of fused-ring (bicyclic) bond motifs is 1. The summed E-state index contributed by atoms with van der Waals surface area (Å²) in [6.45, 7) is 3.39. The smallest absolute Gasteiger partial charge is 0.349 e. The summed E-state index contributed by atoms with van der Waals surface area (Å²) < 4.78 is 1.43. The van der Waals surface area contributed by atoms with E-state index in [1.54, 1.807) is 13.0 Å². The Morgan fingerprint density at radius 2 is 2.31 bits per heavy atom. The third-order valence-electron chi connectivity index (χ3n) is 2.25. The summed E-state index contributed by atoms with van der Waals surface area (Å²) in [4.78, 5) is 15.6. The second-order valence-corrected chi connectivity index (χ2v) is 3.44. The predicted octanol–water partition coefficient (Wildman–Crippen LogP) is -0.643. The highest BCUT2D eigenvalue weighted by Gasteiger charge is 2.05. The number of H-pyrrole nitrogens is 1. The molecule has 86 valence electrons. The number of nitrogens with one attached hydrogen (secondary N) is 3. The summed E-state index contributed by atoms with van der Waals surface area (Å²) in [6, 6.07) is 1.74. The van der Waals surface area contributed by atoms with Crippen LogP contribution in [0.3, 0.4) is 0 Å². The minimum atomic E-state index is -0.262. The number of aromatic nitrogens is 4. The third kappa shape index (κ3) is 1.89. The lowest BCUT2D eigenvalue weighted by Crippen LogP contribution is -2.19. The molecule has 2 aromatic rings. The lowest BCUT2D eigenvalue weighted by molar-refractivity contribution is 0.818. The number of rotatable bonds is 4. The molecule has 0 aromatic carbocycles. The van der Waals surface area contributed by atoms with Crippen LogP contribution in [0.1, 0.15) is 5.82 Å². The molecule has 0 bridgehead atoms. The van der Waals surface area contributed by atoms with Gasteiger partial charge in [-0.2, -0.15) is 5.10 Å². The molecule has 2 aromatic heterocycles. The molecule has 7 nitrogen and oxygen atoms in total. The lowest BCUT2D eigenvalue weighted by atomic mass is 10.5. The Labute approximate surface area is 91.9 Å². The molecule has 2 rings (SSSR count). The topological polar surface area (TPSA) is 87.1 Å². The van der Waals surface area contributed by atoms with Crippen LogP contribution in [0.2, 0.25) is 0 Å². The Hall–Kier alpha value is -1.89. The standard InChI is InChI=1S/C9H14N6O/c1-6-12-7(11-4-3-10-2)5-8-13-14-9(16)15(6)8/h5,10-11H,3-4H2,1-2H3,(H,14,16). The molecule has 0 radical (unpaired) electrons. The quantitative estimate of drug-likeness (QED) is 0.599. The first-order valence-electron chi connectivity index (χ1n) is 5.05. The van der Waals surface area contributed by atoms with Gasteiger partial charge in [0.15, 0.2) is 5.65 Å². The number of hydrogen-bond donors (Lipinski definition) is 3. The molecule has 0 amide bonds. The van der Waals surface area contributed by atoms with Crippen molar-refractivity contribution in [3.8, 4) is 0 Å². The van der Waals surface area contributed by atoms with Gasteiger partial charge in [-0.05, 0) is 14.0 Å². The Bertz CT molecular complexity index is 542. The van der Waals surface area contributed by atoms with Gasteiger partial charge in [-0.3, -0.25) is 0 Å². The summed E-state index contributed by atoms with van der Waals surface area (Å²) in [6.07, 6.45) is 0. The minimum absolute atomic E-state index is 0.262. The molecule has 0 unspecified atom stereocenters. The number of aromatic amines is 1. The summed E-state index contributed by atoms with van der Waals surface area (Å²) in [7, 11) is 1.89. The zero-order valence-electron chi connectivity index (χ0n) is 9.24. The first kappa shape index (κ1) is 10.6. The minimum Gasteiger partial charge on any atom is -0.369 e. The van der Waals surface area contributed by atoms with E-state index in [2.05, 4.69) is 25.8 Å². The highest BCUT2D eigenvalue weighted by Crippen LogP contribution is 2.06. The van der Waals surface area contributed by atoms with Crippen molar-refractivity contribution in [2.75, 3.05) is 25.5 Å². The fraction of sp³-hybridized carbons (Fsp3) is 0.444. The van der Waals surface area contributed by atoms with Crippen LogP contribution in [0.5, 0.6) is 0 Å². The van der Waals surface area contributed by atoms with Gasteiger partial charge in [0.1, 0.15) is 11.6 Å². The van der Waals surface area contributed by atoms with Crippen LogP contribution in [-0.2, 0) is 0 Å². The van der Waals surface area contributed by atoms with E-state index in [-0.39, 0.29) is 5.69 Å². The maximum atomic E-state index is 11.3. The third-order valence-corrected chi connectivity index (χ3v) is 2.25. The number of anilines is 1. The van der Waals surface area contributed by atoms with Crippen LogP contribution >= 0.6 is 0 Å². The Kier molecular flexibility index (Phi) is 2.86. The largest absolute Gasteiger partial charge is 0.369 e. The van der Waals surface area contributed by atoms with E-state index in [0.29, 0.717) is 11.5 Å². The van der Waals surface area contributed by atoms with E-state index in [1.165, 1.54) is 4.40 Å². The first-order valence-corrected chi connectivity index (χ1v) is 5.05. The van der Waals surface area contributed by atoms with Gasteiger partial charge in [0.25, 0.3) is 0 Å². The van der Waals surface area contributed by atoms with Crippen molar-refractivity contribution in [1.82, 2.24) is 24.9 Å². The fourth-order valence-electron chi connectivity index (χ4n) is 1.50. The van der Waals surface area contributed by atoms with Crippen LogP contribution in [0.4, 0.5) is 5.82 Å². The molecule has 0 atom stereocenters. The summed E-state index contributed by atoms with van der Waals surface area (Å²) >= 11 is 0. The second-order valence-electron chi connectivity index (χ2n) is 3.44. The molecule has 0 aliphatic carbocycles. The second kappa shape index (κ2) is 4.31. The van der Waals surface area contributed by atoms with E-state index in [4.69, 9.17) is 0 Å².